The zero-order chi connectivity index (χ0) is 10.4. The Morgan fingerprint density at radius 2 is 1.93 bits per heavy atom. The lowest BCUT2D eigenvalue weighted by Crippen LogP contribution is -2.15. The van der Waals surface area contributed by atoms with Gasteiger partial charge in [0.05, 0.1) is 0 Å². The quantitative estimate of drug-likeness (QED) is 0.717. The van der Waals surface area contributed by atoms with Crippen molar-refractivity contribution in [1.29, 1.82) is 0 Å². The second-order valence-corrected chi connectivity index (χ2v) is 3.38. The average Bonchev–Trinajstić information content (AvgIpc) is 2.21. The molecule has 0 amide bonds. The van der Waals surface area contributed by atoms with E-state index in [0.29, 0.717) is 6.04 Å². The second-order valence-electron chi connectivity index (χ2n) is 3.38. The molecule has 1 heteroatoms. The third-order valence-corrected chi connectivity index (χ3v) is 2.31. The van der Waals surface area contributed by atoms with Gasteiger partial charge in [-0.05, 0) is 26.5 Å². The van der Waals surface area contributed by atoms with Gasteiger partial charge >= 0.3 is 0 Å². The fraction of sp³-hybridized carbons (Fsp3) is 0.385. The normalized spacial score (nSPS) is 11.6. The van der Waals surface area contributed by atoms with Crippen LogP contribution in [0.4, 0.5) is 0 Å². The van der Waals surface area contributed by atoms with E-state index in [0.717, 1.165) is 6.42 Å². The van der Waals surface area contributed by atoms with E-state index in [-0.39, 0.29) is 0 Å². The standard InChI is InChI=1S/C13H17N/c1-4-5-6-13(14-3)12-9-7-11(2)8-10-12/h7-10,13-14H,6H2,1-3H3. The molecule has 0 aliphatic rings. The number of aryl methyl sites for hydroxylation is 1. The van der Waals surface area contributed by atoms with E-state index >= 15 is 0 Å². The first-order chi connectivity index (χ1) is 6.77. The third-order valence-electron chi connectivity index (χ3n) is 2.31. The van der Waals surface area contributed by atoms with E-state index in [9.17, 15) is 0 Å². The fourth-order valence-corrected chi connectivity index (χ4v) is 1.39. The van der Waals surface area contributed by atoms with Crippen molar-refractivity contribution < 1.29 is 0 Å². The molecule has 74 valence electrons. The van der Waals surface area contributed by atoms with Crippen LogP contribution in [0.2, 0.25) is 0 Å². The molecule has 1 atom stereocenters. The van der Waals surface area contributed by atoms with Crippen molar-refractivity contribution in [3.63, 3.8) is 0 Å². The maximum absolute atomic E-state index is 3.27. The van der Waals surface area contributed by atoms with Crippen molar-refractivity contribution in [3.05, 3.63) is 35.4 Å². The van der Waals surface area contributed by atoms with Gasteiger partial charge < -0.3 is 5.32 Å². The molecule has 0 radical (unpaired) electrons. The van der Waals surface area contributed by atoms with Crippen LogP contribution >= 0.6 is 0 Å². The molecule has 1 nitrogen and oxygen atoms in total. The molecule has 0 saturated heterocycles. The highest BCUT2D eigenvalue weighted by Crippen LogP contribution is 2.16. The molecule has 0 saturated carbocycles. The minimum atomic E-state index is 0.350. The molecular weight excluding hydrogens is 170 g/mol. The van der Waals surface area contributed by atoms with Crippen molar-refractivity contribution in [2.75, 3.05) is 7.05 Å². The molecule has 1 aromatic rings. The van der Waals surface area contributed by atoms with E-state index in [1.807, 2.05) is 14.0 Å². The van der Waals surface area contributed by atoms with Crippen LogP contribution in [0.15, 0.2) is 24.3 Å². The van der Waals surface area contributed by atoms with Crippen molar-refractivity contribution >= 4 is 0 Å². The van der Waals surface area contributed by atoms with E-state index < -0.39 is 0 Å². The van der Waals surface area contributed by atoms with Gasteiger partial charge in [0.1, 0.15) is 0 Å². The van der Waals surface area contributed by atoms with Gasteiger partial charge in [-0.3, -0.25) is 0 Å². The van der Waals surface area contributed by atoms with E-state index in [1.165, 1.54) is 11.1 Å². The SMILES string of the molecule is CC#CCC(NC)c1ccc(C)cc1. The van der Waals surface area contributed by atoms with Crippen LogP contribution in [0, 0.1) is 18.8 Å². The smallest absolute Gasteiger partial charge is 0.0428 e. The van der Waals surface area contributed by atoms with Crippen LogP contribution in [0.5, 0.6) is 0 Å². The third kappa shape index (κ3) is 2.90. The van der Waals surface area contributed by atoms with Crippen LogP contribution in [-0.2, 0) is 0 Å². The molecule has 0 aliphatic heterocycles. The Morgan fingerprint density at radius 1 is 1.29 bits per heavy atom. The first kappa shape index (κ1) is 10.8. The molecule has 1 N–H and O–H groups in total. The highest BCUT2D eigenvalue weighted by Gasteiger charge is 2.05. The molecule has 1 unspecified atom stereocenters. The summed E-state index contributed by atoms with van der Waals surface area (Å²) in [6.45, 7) is 3.98. The van der Waals surface area contributed by atoms with Crippen LogP contribution in [-0.4, -0.2) is 7.05 Å². The summed E-state index contributed by atoms with van der Waals surface area (Å²) in [6.07, 6.45) is 0.871. The summed E-state index contributed by atoms with van der Waals surface area (Å²) < 4.78 is 0. The summed E-state index contributed by atoms with van der Waals surface area (Å²) in [6, 6.07) is 8.95. The maximum Gasteiger partial charge on any atom is 0.0428 e. The number of rotatable bonds is 3. The summed E-state index contributed by atoms with van der Waals surface area (Å²) in [5, 5.41) is 3.27. The molecule has 0 spiro atoms. The Morgan fingerprint density at radius 3 is 2.43 bits per heavy atom. The lowest BCUT2D eigenvalue weighted by molar-refractivity contribution is 0.611. The number of hydrogen-bond acceptors (Lipinski definition) is 1. The fourth-order valence-electron chi connectivity index (χ4n) is 1.39. The van der Waals surface area contributed by atoms with Crippen LogP contribution in [0.3, 0.4) is 0 Å². The maximum atomic E-state index is 3.27. The Balaban J connectivity index is 2.76. The van der Waals surface area contributed by atoms with Crippen molar-refractivity contribution in [3.8, 4) is 11.8 Å². The predicted molar refractivity (Wildman–Crippen MR) is 61.0 cm³/mol. The van der Waals surface area contributed by atoms with Gasteiger partial charge in [0, 0.05) is 12.5 Å². The summed E-state index contributed by atoms with van der Waals surface area (Å²) >= 11 is 0. The first-order valence-electron chi connectivity index (χ1n) is 4.91. The molecule has 0 bridgehead atoms. The molecule has 1 aromatic carbocycles. The zero-order valence-corrected chi connectivity index (χ0v) is 9.09. The lowest BCUT2D eigenvalue weighted by Gasteiger charge is -2.13. The molecule has 0 fully saturated rings. The van der Waals surface area contributed by atoms with Crippen LogP contribution in [0.1, 0.15) is 30.5 Å². The predicted octanol–water partition coefficient (Wildman–Crippen LogP) is 2.67. The highest BCUT2D eigenvalue weighted by molar-refractivity contribution is 5.25. The van der Waals surface area contributed by atoms with Gasteiger partial charge in [0.25, 0.3) is 0 Å². The topological polar surface area (TPSA) is 12.0 Å². The largest absolute Gasteiger partial charge is 0.312 e. The molecule has 0 aliphatic carbocycles. The highest BCUT2D eigenvalue weighted by atomic mass is 14.9. The lowest BCUT2D eigenvalue weighted by atomic mass is 10.0. The Labute approximate surface area is 86.5 Å². The average molecular weight is 187 g/mol. The van der Waals surface area contributed by atoms with E-state index in [1.54, 1.807) is 0 Å². The summed E-state index contributed by atoms with van der Waals surface area (Å²) in [4.78, 5) is 0. The van der Waals surface area contributed by atoms with E-state index in [2.05, 4.69) is 48.3 Å². The second kappa shape index (κ2) is 5.47. The molecule has 0 heterocycles. The molecular formula is C13H17N. The minimum Gasteiger partial charge on any atom is -0.312 e. The van der Waals surface area contributed by atoms with Crippen LogP contribution in [0.25, 0.3) is 0 Å². The number of hydrogen-bond donors (Lipinski definition) is 1. The van der Waals surface area contributed by atoms with E-state index in [4.69, 9.17) is 0 Å². The summed E-state index contributed by atoms with van der Waals surface area (Å²) in [7, 11) is 1.97. The van der Waals surface area contributed by atoms with Crippen molar-refractivity contribution in [1.82, 2.24) is 5.32 Å². The van der Waals surface area contributed by atoms with Gasteiger partial charge in [0.2, 0.25) is 0 Å². The summed E-state index contributed by atoms with van der Waals surface area (Å²) in [5.41, 5.74) is 2.60. The number of benzene rings is 1. The van der Waals surface area contributed by atoms with Gasteiger partial charge in [-0.1, -0.05) is 29.8 Å². The van der Waals surface area contributed by atoms with Gasteiger partial charge in [-0.15, -0.1) is 11.8 Å². The summed E-state index contributed by atoms with van der Waals surface area (Å²) in [5.74, 6) is 6.02. The van der Waals surface area contributed by atoms with Gasteiger partial charge in [-0.25, -0.2) is 0 Å². The van der Waals surface area contributed by atoms with Crippen molar-refractivity contribution in [2.24, 2.45) is 0 Å². The van der Waals surface area contributed by atoms with Gasteiger partial charge in [0.15, 0.2) is 0 Å². The monoisotopic (exact) mass is 187 g/mol. The van der Waals surface area contributed by atoms with Gasteiger partial charge in [-0.2, -0.15) is 0 Å². The minimum absolute atomic E-state index is 0.350. The Kier molecular flexibility index (Phi) is 4.22. The Bertz CT molecular complexity index is 326. The molecule has 14 heavy (non-hydrogen) atoms. The molecule has 1 rings (SSSR count). The van der Waals surface area contributed by atoms with Crippen LogP contribution < -0.4 is 5.32 Å². The Hall–Kier alpha value is -1.26. The zero-order valence-electron chi connectivity index (χ0n) is 9.09. The first-order valence-corrected chi connectivity index (χ1v) is 4.91. The van der Waals surface area contributed by atoms with Crippen molar-refractivity contribution in [2.45, 2.75) is 26.3 Å². The molecule has 0 aromatic heterocycles. The number of nitrogens with one attached hydrogen (secondary N) is 1.